The molecular weight excluding hydrogens is 328 g/mol. The number of halogens is 3. The van der Waals surface area contributed by atoms with E-state index in [1.165, 1.54) is 6.07 Å². The van der Waals surface area contributed by atoms with E-state index in [1.807, 2.05) is 25.1 Å². The van der Waals surface area contributed by atoms with Gasteiger partial charge in [-0.15, -0.1) is 0 Å². The number of hydrogen-bond acceptors (Lipinski definition) is 2. The van der Waals surface area contributed by atoms with Crippen molar-refractivity contribution < 1.29 is 13.9 Å². The lowest BCUT2D eigenvalue weighted by Gasteiger charge is -2.14. The molecule has 0 bridgehead atoms. The summed E-state index contributed by atoms with van der Waals surface area (Å²) in [6.07, 6.45) is -0.912. The van der Waals surface area contributed by atoms with E-state index >= 15 is 0 Å². The Morgan fingerprint density at radius 2 is 1.90 bits per heavy atom. The number of anilines is 1. The van der Waals surface area contributed by atoms with Crippen LogP contribution >= 0.6 is 15.9 Å². The molecule has 0 aliphatic heterocycles. The van der Waals surface area contributed by atoms with Gasteiger partial charge in [-0.3, -0.25) is 0 Å². The summed E-state index contributed by atoms with van der Waals surface area (Å²) in [6, 6.07) is 9.11. The monoisotopic (exact) mass is 341 g/mol. The standard InChI is InChI=1S/C15H14BrF2NO/c1-9-2-4-11(7-12(9)16)19-8-15(20)10-3-5-13(17)14(18)6-10/h2-7,15,19-20H,8H2,1H3. The van der Waals surface area contributed by atoms with Gasteiger partial charge in [-0.25, -0.2) is 8.78 Å². The molecule has 0 aromatic heterocycles. The van der Waals surface area contributed by atoms with Gasteiger partial charge in [-0.05, 0) is 42.3 Å². The fourth-order valence-electron chi connectivity index (χ4n) is 1.75. The summed E-state index contributed by atoms with van der Waals surface area (Å²) < 4.78 is 26.9. The smallest absolute Gasteiger partial charge is 0.159 e. The van der Waals surface area contributed by atoms with E-state index in [2.05, 4.69) is 21.2 Å². The topological polar surface area (TPSA) is 32.3 Å². The van der Waals surface area contributed by atoms with Gasteiger partial charge in [-0.1, -0.05) is 28.1 Å². The lowest BCUT2D eigenvalue weighted by molar-refractivity contribution is 0.191. The van der Waals surface area contributed by atoms with Crippen molar-refractivity contribution in [2.45, 2.75) is 13.0 Å². The number of nitrogens with one attached hydrogen (secondary N) is 1. The number of benzene rings is 2. The highest BCUT2D eigenvalue weighted by atomic mass is 79.9. The molecule has 0 heterocycles. The van der Waals surface area contributed by atoms with E-state index < -0.39 is 17.7 Å². The molecule has 0 spiro atoms. The second-order valence-corrected chi connectivity index (χ2v) is 5.39. The first-order chi connectivity index (χ1) is 9.47. The third-order valence-corrected chi connectivity index (χ3v) is 3.85. The van der Waals surface area contributed by atoms with Crippen LogP contribution in [-0.4, -0.2) is 11.7 Å². The Morgan fingerprint density at radius 3 is 2.55 bits per heavy atom. The number of aliphatic hydroxyl groups excluding tert-OH is 1. The minimum absolute atomic E-state index is 0.209. The molecule has 1 atom stereocenters. The minimum atomic E-state index is -0.959. The molecule has 0 fully saturated rings. The zero-order chi connectivity index (χ0) is 14.7. The summed E-state index contributed by atoms with van der Waals surface area (Å²) in [7, 11) is 0. The fourth-order valence-corrected chi connectivity index (χ4v) is 2.13. The van der Waals surface area contributed by atoms with Crippen LogP contribution in [0.1, 0.15) is 17.2 Å². The predicted molar refractivity (Wildman–Crippen MR) is 78.7 cm³/mol. The van der Waals surface area contributed by atoms with Gasteiger partial charge in [-0.2, -0.15) is 0 Å². The highest BCUT2D eigenvalue weighted by Gasteiger charge is 2.11. The maximum atomic E-state index is 13.1. The SMILES string of the molecule is Cc1ccc(NCC(O)c2ccc(F)c(F)c2)cc1Br. The molecular formula is C15H14BrF2NO. The largest absolute Gasteiger partial charge is 0.387 e. The molecule has 0 aliphatic carbocycles. The first-order valence-corrected chi connectivity index (χ1v) is 6.89. The van der Waals surface area contributed by atoms with Crippen molar-refractivity contribution in [2.75, 3.05) is 11.9 Å². The molecule has 0 aliphatic rings. The third-order valence-electron chi connectivity index (χ3n) is 3.00. The first-order valence-electron chi connectivity index (χ1n) is 6.10. The van der Waals surface area contributed by atoms with Gasteiger partial charge in [0.2, 0.25) is 0 Å². The molecule has 106 valence electrons. The van der Waals surface area contributed by atoms with Gasteiger partial charge in [0, 0.05) is 16.7 Å². The molecule has 2 N–H and O–H groups in total. The van der Waals surface area contributed by atoms with E-state index in [0.29, 0.717) is 5.56 Å². The maximum Gasteiger partial charge on any atom is 0.159 e. The molecule has 2 rings (SSSR count). The first kappa shape index (κ1) is 14.9. The Bertz CT molecular complexity index is 619. The van der Waals surface area contributed by atoms with Crippen molar-refractivity contribution >= 4 is 21.6 Å². The lowest BCUT2D eigenvalue weighted by Crippen LogP contribution is -2.12. The Hall–Kier alpha value is -1.46. The van der Waals surface area contributed by atoms with Crippen LogP contribution in [0.5, 0.6) is 0 Å². The number of rotatable bonds is 4. The summed E-state index contributed by atoms with van der Waals surface area (Å²) in [5, 5.41) is 13.0. The van der Waals surface area contributed by atoms with Gasteiger partial charge in [0.25, 0.3) is 0 Å². The second-order valence-electron chi connectivity index (χ2n) is 4.53. The Labute approximate surface area is 124 Å². The zero-order valence-corrected chi connectivity index (χ0v) is 12.4. The van der Waals surface area contributed by atoms with Crippen LogP contribution in [-0.2, 0) is 0 Å². The van der Waals surface area contributed by atoms with Crippen LogP contribution in [0.15, 0.2) is 40.9 Å². The average molecular weight is 342 g/mol. The van der Waals surface area contributed by atoms with E-state index in [-0.39, 0.29) is 6.54 Å². The minimum Gasteiger partial charge on any atom is -0.387 e. The molecule has 0 saturated carbocycles. The van der Waals surface area contributed by atoms with Crippen molar-refractivity contribution in [3.05, 3.63) is 63.6 Å². The summed E-state index contributed by atoms with van der Waals surface area (Å²) >= 11 is 3.42. The number of aryl methyl sites for hydroxylation is 1. The quantitative estimate of drug-likeness (QED) is 0.874. The van der Waals surface area contributed by atoms with E-state index in [0.717, 1.165) is 27.9 Å². The molecule has 5 heteroatoms. The van der Waals surface area contributed by atoms with Crippen molar-refractivity contribution in [1.29, 1.82) is 0 Å². The third kappa shape index (κ3) is 3.55. The van der Waals surface area contributed by atoms with Gasteiger partial charge < -0.3 is 10.4 Å². The van der Waals surface area contributed by atoms with E-state index in [1.54, 1.807) is 0 Å². The Kier molecular flexibility index (Phi) is 4.73. The van der Waals surface area contributed by atoms with E-state index in [4.69, 9.17) is 0 Å². The van der Waals surface area contributed by atoms with Crippen molar-refractivity contribution in [3.8, 4) is 0 Å². The van der Waals surface area contributed by atoms with Gasteiger partial charge in [0.15, 0.2) is 11.6 Å². The molecule has 2 aromatic rings. The van der Waals surface area contributed by atoms with Gasteiger partial charge in [0.05, 0.1) is 6.10 Å². The van der Waals surface area contributed by atoms with Crippen LogP contribution < -0.4 is 5.32 Å². The van der Waals surface area contributed by atoms with Gasteiger partial charge >= 0.3 is 0 Å². The second kappa shape index (κ2) is 6.33. The van der Waals surface area contributed by atoms with Crippen LogP contribution in [0.25, 0.3) is 0 Å². The molecule has 20 heavy (non-hydrogen) atoms. The molecule has 0 radical (unpaired) electrons. The summed E-state index contributed by atoms with van der Waals surface area (Å²) in [5.41, 5.74) is 2.28. The van der Waals surface area contributed by atoms with Crippen LogP contribution in [0.4, 0.5) is 14.5 Å². The van der Waals surface area contributed by atoms with E-state index in [9.17, 15) is 13.9 Å². The Morgan fingerprint density at radius 1 is 1.15 bits per heavy atom. The maximum absolute atomic E-state index is 13.1. The highest BCUT2D eigenvalue weighted by Crippen LogP contribution is 2.22. The van der Waals surface area contributed by atoms with Crippen LogP contribution in [0.2, 0.25) is 0 Å². The molecule has 0 saturated heterocycles. The highest BCUT2D eigenvalue weighted by molar-refractivity contribution is 9.10. The molecule has 2 nitrogen and oxygen atoms in total. The summed E-state index contributed by atoms with van der Waals surface area (Å²) in [5.74, 6) is -1.88. The number of aliphatic hydroxyl groups is 1. The van der Waals surface area contributed by atoms with Crippen molar-refractivity contribution in [3.63, 3.8) is 0 Å². The molecule has 2 aromatic carbocycles. The fraction of sp³-hybridized carbons (Fsp3) is 0.200. The average Bonchev–Trinajstić information content (AvgIpc) is 2.43. The summed E-state index contributed by atoms with van der Waals surface area (Å²) in [4.78, 5) is 0. The Balaban J connectivity index is 2.02. The predicted octanol–water partition coefficient (Wildman–Crippen LogP) is 4.18. The summed E-state index contributed by atoms with van der Waals surface area (Å²) in [6.45, 7) is 2.19. The van der Waals surface area contributed by atoms with Gasteiger partial charge in [0.1, 0.15) is 0 Å². The molecule has 0 amide bonds. The lowest BCUT2D eigenvalue weighted by atomic mass is 10.1. The normalized spacial score (nSPS) is 12.2. The van der Waals surface area contributed by atoms with Crippen LogP contribution in [0, 0.1) is 18.6 Å². The van der Waals surface area contributed by atoms with Crippen molar-refractivity contribution in [1.82, 2.24) is 0 Å². The van der Waals surface area contributed by atoms with Crippen LogP contribution in [0.3, 0.4) is 0 Å². The zero-order valence-electron chi connectivity index (χ0n) is 10.8. The number of hydrogen-bond donors (Lipinski definition) is 2. The molecule has 1 unspecified atom stereocenters. The van der Waals surface area contributed by atoms with Crippen molar-refractivity contribution in [2.24, 2.45) is 0 Å².